The van der Waals surface area contributed by atoms with Crippen molar-refractivity contribution in [2.24, 2.45) is 11.7 Å². The molecule has 22 heavy (non-hydrogen) atoms. The van der Waals surface area contributed by atoms with E-state index in [0.29, 0.717) is 13.1 Å². The summed E-state index contributed by atoms with van der Waals surface area (Å²) in [4.78, 5) is 27.8. The minimum absolute atomic E-state index is 0.00775. The monoisotopic (exact) mass is 313 g/mol. The number of hydrogen-bond acceptors (Lipinski definition) is 4. The van der Waals surface area contributed by atoms with E-state index in [1.807, 2.05) is 39.5 Å². The van der Waals surface area contributed by atoms with Gasteiger partial charge in [0.1, 0.15) is 5.60 Å². The molecule has 0 saturated carbocycles. The van der Waals surface area contributed by atoms with Crippen molar-refractivity contribution < 1.29 is 14.3 Å². The summed E-state index contributed by atoms with van der Waals surface area (Å²) >= 11 is 0. The van der Waals surface area contributed by atoms with Gasteiger partial charge in [-0.1, -0.05) is 13.8 Å². The van der Waals surface area contributed by atoms with Crippen molar-refractivity contribution in [1.82, 2.24) is 9.80 Å². The van der Waals surface area contributed by atoms with Crippen LogP contribution in [0.1, 0.15) is 47.5 Å². The summed E-state index contributed by atoms with van der Waals surface area (Å²) in [6, 6.07) is -0.339. The number of hydrogen-bond donors (Lipinski definition) is 1. The second kappa shape index (κ2) is 7.31. The predicted octanol–water partition coefficient (Wildman–Crippen LogP) is 1.83. The fraction of sp³-hybridized carbons (Fsp3) is 0.875. The van der Waals surface area contributed by atoms with Crippen LogP contribution in [0.15, 0.2) is 0 Å². The van der Waals surface area contributed by atoms with Gasteiger partial charge in [0.25, 0.3) is 0 Å². The Kier molecular flexibility index (Phi) is 6.23. The highest BCUT2D eigenvalue weighted by atomic mass is 16.6. The number of rotatable bonds is 3. The average molecular weight is 313 g/mol. The molecule has 1 saturated heterocycles. The molecular formula is C16H31N3O3. The van der Waals surface area contributed by atoms with Gasteiger partial charge in [-0.2, -0.15) is 0 Å². The van der Waals surface area contributed by atoms with Crippen LogP contribution in [0.5, 0.6) is 0 Å². The predicted molar refractivity (Wildman–Crippen MR) is 86.4 cm³/mol. The third-order valence-corrected chi connectivity index (χ3v) is 4.01. The van der Waals surface area contributed by atoms with Crippen LogP contribution in [0, 0.1) is 5.92 Å². The zero-order valence-electron chi connectivity index (χ0n) is 14.8. The Morgan fingerprint density at radius 3 is 2.14 bits per heavy atom. The third kappa shape index (κ3) is 5.16. The van der Waals surface area contributed by atoms with Crippen molar-refractivity contribution in [1.29, 1.82) is 0 Å². The first-order valence-electron chi connectivity index (χ1n) is 8.03. The van der Waals surface area contributed by atoms with Gasteiger partial charge in [-0.15, -0.1) is 0 Å². The molecule has 0 spiro atoms. The summed E-state index contributed by atoms with van der Waals surface area (Å²) in [7, 11) is 1.76. The number of ether oxygens (including phenoxy) is 1. The molecule has 0 aliphatic carbocycles. The quantitative estimate of drug-likeness (QED) is 0.862. The summed E-state index contributed by atoms with van der Waals surface area (Å²) in [6.45, 7) is 10.7. The van der Waals surface area contributed by atoms with Crippen molar-refractivity contribution in [2.75, 3.05) is 20.1 Å². The average Bonchev–Trinajstić information content (AvgIpc) is 2.43. The normalized spacial score (nSPS) is 18.3. The number of likely N-dealkylation sites (tertiary alicyclic amines) is 1. The second-order valence-corrected chi connectivity index (χ2v) is 7.42. The minimum atomic E-state index is -0.494. The van der Waals surface area contributed by atoms with E-state index >= 15 is 0 Å². The zero-order valence-corrected chi connectivity index (χ0v) is 14.8. The third-order valence-electron chi connectivity index (χ3n) is 4.01. The highest BCUT2D eigenvalue weighted by Crippen LogP contribution is 2.19. The molecule has 1 aliphatic rings. The van der Waals surface area contributed by atoms with E-state index in [4.69, 9.17) is 10.5 Å². The van der Waals surface area contributed by atoms with Gasteiger partial charge in [-0.25, -0.2) is 4.79 Å². The Bertz CT molecular complexity index is 396. The summed E-state index contributed by atoms with van der Waals surface area (Å²) in [6.07, 6.45) is 1.20. The lowest BCUT2D eigenvalue weighted by molar-refractivity contribution is -0.135. The molecule has 128 valence electrons. The molecule has 2 N–H and O–H groups in total. The number of nitrogens with zero attached hydrogens (tertiary/aromatic N) is 2. The molecule has 1 heterocycles. The highest BCUT2D eigenvalue weighted by molar-refractivity contribution is 5.82. The molecule has 0 aromatic rings. The van der Waals surface area contributed by atoms with Crippen molar-refractivity contribution >= 4 is 12.0 Å². The fourth-order valence-corrected chi connectivity index (χ4v) is 2.45. The molecule has 1 atom stereocenters. The number of piperidine rings is 1. The van der Waals surface area contributed by atoms with Crippen LogP contribution in [-0.4, -0.2) is 59.6 Å². The molecule has 0 aromatic heterocycles. The fourth-order valence-electron chi connectivity index (χ4n) is 2.45. The Morgan fingerprint density at radius 1 is 1.23 bits per heavy atom. The largest absolute Gasteiger partial charge is 0.444 e. The Labute approximate surface area is 134 Å². The lowest BCUT2D eigenvalue weighted by atomic mass is 10.00. The maximum absolute atomic E-state index is 12.2. The van der Waals surface area contributed by atoms with Gasteiger partial charge >= 0.3 is 6.09 Å². The van der Waals surface area contributed by atoms with Gasteiger partial charge < -0.3 is 20.3 Å². The van der Waals surface area contributed by atoms with Crippen LogP contribution in [0.4, 0.5) is 4.79 Å². The first-order valence-corrected chi connectivity index (χ1v) is 8.03. The van der Waals surface area contributed by atoms with Crippen molar-refractivity contribution in [3.05, 3.63) is 0 Å². The lowest BCUT2D eigenvalue weighted by Gasteiger charge is -2.38. The van der Waals surface area contributed by atoms with Gasteiger partial charge in [0.05, 0.1) is 6.04 Å². The molecule has 1 rings (SSSR count). The highest BCUT2D eigenvalue weighted by Gasteiger charge is 2.31. The van der Waals surface area contributed by atoms with E-state index in [0.717, 1.165) is 12.8 Å². The van der Waals surface area contributed by atoms with Crippen molar-refractivity contribution in [3.8, 4) is 0 Å². The van der Waals surface area contributed by atoms with Crippen molar-refractivity contribution in [2.45, 2.75) is 65.1 Å². The smallest absolute Gasteiger partial charge is 0.410 e. The molecule has 6 heteroatoms. The molecule has 1 unspecified atom stereocenters. The molecule has 0 radical (unpaired) electrons. The lowest BCUT2D eigenvalue weighted by Crippen LogP contribution is -2.52. The van der Waals surface area contributed by atoms with Crippen LogP contribution >= 0.6 is 0 Å². The summed E-state index contributed by atoms with van der Waals surface area (Å²) < 4.78 is 5.38. The maximum atomic E-state index is 12.2. The minimum Gasteiger partial charge on any atom is -0.444 e. The number of amides is 2. The van der Waals surface area contributed by atoms with Crippen LogP contribution in [0.3, 0.4) is 0 Å². The Morgan fingerprint density at radius 2 is 1.73 bits per heavy atom. The van der Waals surface area contributed by atoms with E-state index in [2.05, 4.69) is 0 Å². The van der Waals surface area contributed by atoms with Crippen LogP contribution in [-0.2, 0) is 9.53 Å². The van der Waals surface area contributed by atoms with Crippen LogP contribution in [0.2, 0.25) is 0 Å². The van der Waals surface area contributed by atoms with E-state index in [1.165, 1.54) is 0 Å². The second-order valence-electron chi connectivity index (χ2n) is 7.42. The molecule has 2 amide bonds. The van der Waals surface area contributed by atoms with Gasteiger partial charge in [0.15, 0.2) is 0 Å². The van der Waals surface area contributed by atoms with E-state index in [1.54, 1.807) is 11.9 Å². The van der Waals surface area contributed by atoms with Crippen LogP contribution < -0.4 is 5.73 Å². The molecule has 0 aromatic carbocycles. The van der Waals surface area contributed by atoms with Gasteiger partial charge in [-0.3, -0.25) is 4.79 Å². The standard InChI is InChI=1S/C16H31N3O3/c1-11(2)13(17)14(20)19-9-7-12(8-10-19)18(6)15(21)22-16(3,4)5/h11-13H,7-10,17H2,1-6H3. The molecular weight excluding hydrogens is 282 g/mol. The van der Waals surface area contributed by atoms with E-state index in [-0.39, 0.29) is 24.0 Å². The van der Waals surface area contributed by atoms with Gasteiger partial charge in [0, 0.05) is 26.2 Å². The van der Waals surface area contributed by atoms with Gasteiger partial charge in [-0.05, 0) is 39.5 Å². The van der Waals surface area contributed by atoms with Gasteiger partial charge in [0.2, 0.25) is 5.91 Å². The number of carbonyl (C=O) groups is 2. The maximum Gasteiger partial charge on any atom is 0.410 e. The molecule has 6 nitrogen and oxygen atoms in total. The molecule has 0 bridgehead atoms. The summed E-state index contributed by atoms with van der Waals surface area (Å²) in [5.74, 6) is 0.142. The topological polar surface area (TPSA) is 75.9 Å². The Hall–Kier alpha value is -1.30. The SMILES string of the molecule is CC(C)C(N)C(=O)N1CCC(N(C)C(=O)OC(C)(C)C)CC1. The first kappa shape index (κ1) is 18.7. The summed E-state index contributed by atoms with van der Waals surface area (Å²) in [5, 5.41) is 0. The molecule has 1 aliphatic heterocycles. The summed E-state index contributed by atoms with van der Waals surface area (Å²) in [5.41, 5.74) is 5.43. The number of nitrogens with two attached hydrogens (primary N) is 1. The van der Waals surface area contributed by atoms with Crippen LogP contribution in [0.25, 0.3) is 0 Å². The Balaban J connectivity index is 2.51. The van der Waals surface area contributed by atoms with E-state index in [9.17, 15) is 9.59 Å². The first-order chi connectivity index (χ1) is 10.0. The molecule has 1 fully saturated rings. The van der Waals surface area contributed by atoms with E-state index < -0.39 is 11.6 Å². The van der Waals surface area contributed by atoms with Crippen molar-refractivity contribution in [3.63, 3.8) is 0 Å². The zero-order chi connectivity index (χ0) is 17.1. The number of carbonyl (C=O) groups excluding carboxylic acids is 2.